The fraction of sp³-hybridized carbons (Fsp3) is 0.467. The molecule has 0 aliphatic rings. The van der Waals surface area contributed by atoms with Gasteiger partial charge in [-0.2, -0.15) is 11.8 Å². The summed E-state index contributed by atoms with van der Waals surface area (Å²) in [5.41, 5.74) is 1.24. The summed E-state index contributed by atoms with van der Waals surface area (Å²) in [4.78, 5) is 16.8. The SMILES string of the molecule is CSCc1nc2ccccc2n1CC(=O)NC(C)(C)CO. The third-order valence-corrected chi connectivity index (χ3v) is 3.73. The minimum absolute atomic E-state index is 0.0961. The van der Waals surface area contributed by atoms with E-state index in [1.54, 1.807) is 25.6 Å². The number of hydrogen-bond donors (Lipinski definition) is 2. The van der Waals surface area contributed by atoms with Gasteiger partial charge in [-0.25, -0.2) is 4.98 Å². The van der Waals surface area contributed by atoms with Crippen molar-refractivity contribution in [3.8, 4) is 0 Å². The second kappa shape index (κ2) is 6.49. The van der Waals surface area contributed by atoms with Crippen LogP contribution in [0, 0.1) is 0 Å². The molecule has 1 aromatic carbocycles. The molecule has 2 rings (SSSR count). The third-order valence-electron chi connectivity index (χ3n) is 3.18. The number of carbonyl (C=O) groups excluding carboxylic acids is 1. The normalized spacial score (nSPS) is 11.8. The lowest BCUT2D eigenvalue weighted by Crippen LogP contribution is -2.47. The fourth-order valence-electron chi connectivity index (χ4n) is 2.14. The number of thioether (sulfide) groups is 1. The van der Waals surface area contributed by atoms with Crippen LogP contribution in [0.15, 0.2) is 24.3 Å². The quantitative estimate of drug-likeness (QED) is 0.854. The number of hydrogen-bond acceptors (Lipinski definition) is 4. The molecule has 114 valence electrons. The predicted octanol–water partition coefficient (Wildman–Crippen LogP) is 1.79. The van der Waals surface area contributed by atoms with Gasteiger partial charge in [-0.1, -0.05) is 12.1 Å². The average Bonchev–Trinajstić information content (AvgIpc) is 2.77. The van der Waals surface area contributed by atoms with Crippen LogP contribution in [0.25, 0.3) is 11.0 Å². The zero-order valence-electron chi connectivity index (χ0n) is 12.6. The highest BCUT2D eigenvalue weighted by molar-refractivity contribution is 7.97. The van der Waals surface area contributed by atoms with Gasteiger partial charge >= 0.3 is 0 Å². The maximum Gasteiger partial charge on any atom is 0.240 e. The van der Waals surface area contributed by atoms with Crippen molar-refractivity contribution in [2.45, 2.75) is 31.7 Å². The molecule has 2 N–H and O–H groups in total. The maximum atomic E-state index is 12.2. The van der Waals surface area contributed by atoms with Crippen LogP contribution in [0.4, 0.5) is 0 Å². The maximum absolute atomic E-state index is 12.2. The molecule has 0 atom stereocenters. The number of imidazole rings is 1. The highest BCUT2D eigenvalue weighted by Gasteiger charge is 2.20. The van der Waals surface area contributed by atoms with Crippen LogP contribution >= 0.6 is 11.8 Å². The Morgan fingerprint density at radius 2 is 2.14 bits per heavy atom. The first-order valence-corrected chi connectivity index (χ1v) is 8.21. The van der Waals surface area contributed by atoms with E-state index >= 15 is 0 Å². The molecular weight excluding hydrogens is 286 g/mol. The summed E-state index contributed by atoms with van der Waals surface area (Å²) in [5.74, 6) is 1.52. The molecular formula is C15H21N3O2S. The van der Waals surface area contributed by atoms with Gasteiger partial charge in [0.2, 0.25) is 5.91 Å². The summed E-state index contributed by atoms with van der Waals surface area (Å²) in [7, 11) is 0. The van der Waals surface area contributed by atoms with Gasteiger partial charge in [-0.05, 0) is 32.2 Å². The topological polar surface area (TPSA) is 67.2 Å². The Hall–Kier alpha value is -1.53. The molecule has 0 aliphatic heterocycles. The van der Waals surface area contributed by atoms with Gasteiger partial charge in [0.25, 0.3) is 0 Å². The Morgan fingerprint density at radius 3 is 2.81 bits per heavy atom. The Bertz CT molecular complexity index is 637. The van der Waals surface area contributed by atoms with Crippen LogP contribution in [-0.4, -0.2) is 39.0 Å². The molecule has 1 amide bonds. The molecule has 0 saturated heterocycles. The van der Waals surface area contributed by atoms with Gasteiger partial charge in [-0.15, -0.1) is 0 Å². The standard InChI is InChI=1S/C15H21N3O2S/c1-15(2,10-19)17-14(20)8-18-12-7-5-4-6-11(12)16-13(18)9-21-3/h4-7,19H,8-10H2,1-3H3,(H,17,20). The Kier molecular flexibility index (Phi) is 4.90. The van der Waals surface area contributed by atoms with Crippen molar-refractivity contribution >= 4 is 28.7 Å². The number of amides is 1. The van der Waals surface area contributed by atoms with E-state index in [4.69, 9.17) is 0 Å². The number of nitrogens with one attached hydrogen (secondary N) is 1. The van der Waals surface area contributed by atoms with Gasteiger partial charge in [0, 0.05) is 0 Å². The summed E-state index contributed by atoms with van der Waals surface area (Å²) in [5, 5.41) is 12.1. The van der Waals surface area contributed by atoms with Gasteiger partial charge < -0.3 is 15.0 Å². The first-order valence-electron chi connectivity index (χ1n) is 6.82. The molecule has 2 aromatic rings. The molecule has 0 bridgehead atoms. The van der Waals surface area contributed by atoms with E-state index in [1.807, 2.05) is 35.1 Å². The van der Waals surface area contributed by atoms with Crippen molar-refractivity contribution in [2.75, 3.05) is 12.9 Å². The molecule has 0 fully saturated rings. The van der Waals surface area contributed by atoms with Gasteiger partial charge in [-0.3, -0.25) is 4.79 Å². The molecule has 1 heterocycles. The lowest BCUT2D eigenvalue weighted by atomic mass is 10.1. The van der Waals surface area contributed by atoms with Crippen molar-refractivity contribution in [3.63, 3.8) is 0 Å². The summed E-state index contributed by atoms with van der Waals surface area (Å²) in [6.45, 7) is 3.69. The van der Waals surface area contributed by atoms with Crippen molar-refractivity contribution in [2.24, 2.45) is 0 Å². The number of aliphatic hydroxyl groups excluding tert-OH is 1. The van der Waals surface area contributed by atoms with Crippen molar-refractivity contribution in [1.29, 1.82) is 0 Å². The van der Waals surface area contributed by atoms with Gasteiger partial charge in [0.1, 0.15) is 12.4 Å². The van der Waals surface area contributed by atoms with Crippen LogP contribution in [0.3, 0.4) is 0 Å². The zero-order chi connectivity index (χ0) is 15.5. The van der Waals surface area contributed by atoms with E-state index in [9.17, 15) is 9.90 Å². The molecule has 5 nitrogen and oxygen atoms in total. The number of nitrogens with zero attached hydrogens (tertiary/aromatic N) is 2. The smallest absolute Gasteiger partial charge is 0.240 e. The molecule has 21 heavy (non-hydrogen) atoms. The van der Waals surface area contributed by atoms with E-state index in [0.717, 1.165) is 22.6 Å². The molecule has 6 heteroatoms. The lowest BCUT2D eigenvalue weighted by Gasteiger charge is -2.23. The number of carbonyl (C=O) groups is 1. The molecule has 0 aliphatic carbocycles. The van der Waals surface area contributed by atoms with Crippen molar-refractivity contribution in [1.82, 2.24) is 14.9 Å². The Balaban J connectivity index is 2.28. The van der Waals surface area contributed by atoms with E-state index in [0.29, 0.717) is 0 Å². The molecule has 0 unspecified atom stereocenters. The predicted molar refractivity (Wildman–Crippen MR) is 86.3 cm³/mol. The number of para-hydroxylation sites is 2. The largest absolute Gasteiger partial charge is 0.394 e. The fourth-order valence-corrected chi connectivity index (χ4v) is 2.62. The molecule has 0 spiro atoms. The second-order valence-corrected chi connectivity index (χ2v) is 6.49. The van der Waals surface area contributed by atoms with Crippen LogP contribution in [0.2, 0.25) is 0 Å². The summed E-state index contributed by atoms with van der Waals surface area (Å²) in [6.07, 6.45) is 2.01. The number of benzene rings is 1. The van der Waals surface area contributed by atoms with Crippen LogP contribution in [-0.2, 0) is 17.1 Å². The van der Waals surface area contributed by atoms with Crippen molar-refractivity contribution in [3.05, 3.63) is 30.1 Å². The summed E-state index contributed by atoms with van der Waals surface area (Å²) in [6, 6.07) is 7.80. The van der Waals surface area contributed by atoms with E-state index in [1.165, 1.54) is 0 Å². The van der Waals surface area contributed by atoms with E-state index in [-0.39, 0.29) is 19.1 Å². The number of rotatable bonds is 6. The van der Waals surface area contributed by atoms with E-state index < -0.39 is 5.54 Å². The minimum Gasteiger partial charge on any atom is -0.394 e. The summed E-state index contributed by atoms with van der Waals surface area (Å²) >= 11 is 1.67. The molecule has 0 radical (unpaired) electrons. The highest BCUT2D eigenvalue weighted by atomic mass is 32.2. The van der Waals surface area contributed by atoms with Gasteiger partial charge in [0.15, 0.2) is 0 Å². The first kappa shape index (κ1) is 15.9. The Labute approximate surface area is 128 Å². The van der Waals surface area contributed by atoms with Crippen molar-refractivity contribution < 1.29 is 9.90 Å². The van der Waals surface area contributed by atoms with Gasteiger partial charge in [0.05, 0.1) is 28.9 Å². The average molecular weight is 307 g/mol. The molecule has 1 aromatic heterocycles. The van der Waals surface area contributed by atoms with Crippen LogP contribution in [0.1, 0.15) is 19.7 Å². The Morgan fingerprint density at radius 1 is 1.43 bits per heavy atom. The summed E-state index contributed by atoms with van der Waals surface area (Å²) < 4.78 is 1.94. The third kappa shape index (κ3) is 3.77. The number of aliphatic hydroxyl groups is 1. The second-order valence-electron chi connectivity index (χ2n) is 5.63. The van der Waals surface area contributed by atoms with Crippen LogP contribution < -0.4 is 5.32 Å². The minimum atomic E-state index is -0.618. The molecule has 0 saturated carbocycles. The lowest BCUT2D eigenvalue weighted by molar-refractivity contribution is -0.123. The van der Waals surface area contributed by atoms with Crippen LogP contribution in [0.5, 0.6) is 0 Å². The number of fused-ring (bicyclic) bond motifs is 1. The van der Waals surface area contributed by atoms with E-state index in [2.05, 4.69) is 10.3 Å². The number of aromatic nitrogens is 2. The highest BCUT2D eigenvalue weighted by Crippen LogP contribution is 2.19. The monoisotopic (exact) mass is 307 g/mol. The first-order chi connectivity index (χ1) is 9.96. The zero-order valence-corrected chi connectivity index (χ0v) is 13.4.